The zero-order valence-corrected chi connectivity index (χ0v) is 11.5. The largest absolute Gasteiger partial charge is 0.489 e. The maximum atomic E-state index is 11.9. The molecule has 0 radical (unpaired) electrons. The van der Waals surface area contributed by atoms with Crippen molar-refractivity contribution in [2.24, 2.45) is 0 Å². The monoisotopic (exact) mass is 259 g/mol. The SMILES string of the molecule is Cc1nc(-c2cncc(OC(C)C)c2)c(=O)[nH]c1C. The predicted molar refractivity (Wildman–Crippen MR) is 73.3 cm³/mol. The predicted octanol–water partition coefficient (Wildman–Crippen LogP) is 2.24. The van der Waals surface area contributed by atoms with E-state index in [2.05, 4.69) is 15.0 Å². The molecule has 0 fully saturated rings. The van der Waals surface area contributed by atoms with E-state index in [0.717, 1.165) is 11.4 Å². The first-order chi connectivity index (χ1) is 8.97. The van der Waals surface area contributed by atoms with Gasteiger partial charge in [0.1, 0.15) is 11.4 Å². The van der Waals surface area contributed by atoms with Crippen LogP contribution in [0.1, 0.15) is 25.2 Å². The van der Waals surface area contributed by atoms with Gasteiger partial charge < -0.3 is 9.72 Å². The van der Waals surface area contributed by atoms with Crippen LogP contribution in [0.3, 0.4) is 0 Å². The molecule has 5 heteroatoms. The number of nitrogens with one attached hydrogen (secondary N) is 1. The number of hydrogen-bond acceptors (Lipinski definition) is 4. The van der Waals surface area contributed by atoms with Crippen LogP contribution in [-0.4, -0.2) is 21.1 Å². The molecule has 0 spiro atoms. The lowest BCUT2D eigenvalue weighted by Crippen LogP contribution is -2.14. The molecule has 0 saturated heterocycles. The van der Waals surface area contributed by atoms with Crippen LogP contribution >= 0.6 is 0 Å². The second kappa shape index (κ2) is 5.22. The third kappa shape index (κ3) is 2.99. The summed E-state index contributed by atoms with van der Waals surface area (Å²) in [6, 6.07) is 1.78. The lowest BCUT2D eigenvalue weighted by atomic mass is 10.2. The second-order valence-electron chi connectivity index (χ2n) is 4.70. The fraction of sp³-hybridized carbons (Fsp3) is 0.357. The molecule has 0 amide bonds. The van der Waals surface area contributed by atoms with Gasteiger partial charge in [-0.05, 0) is 33.8 Å². The molecule has 0 atom stereocenters. The summed E-state index contributed by atoms with van der Waals surface area (Å²) in [6.45, 7) is 7.56. The minimum Gasteiger partial charge on any atom is -0.489 e. The summed E-state index contributed by atoms with van der Waals surface area (Å²) in [7, 11) is 0. The molecule has 0 unspecified atom stereocenters. The Morgan fingerprint density at radius 1 is 1.26 bits per heavy atom. The fourth-order valence-corrected chi connectivity index (χ4v) is 1.70. The molecule has 1 N–H and O–H groups in total. The number of aryl methyl sites for hydroxylation is 2. The lowest BCUT2D eigenvalue weighted by Gasteiger charge is -2.10. The highest BCUT2D eigenvalue weighted by Gasteiger charge is 2.09. The van der Waals surface area contributed by atoms with Gasteiger partial charge in [-0.1, -0.05) is 0 Å². The van der Waals surface area contributed by atoms with Crippen molar-refractivity contribution in [2.75, 3.05) is 0 Å². The van der Waals surface area contributed by atoms with E-state index in [-0.39, 0.29) is 11.7 Å². The Kier molecular flexibility index (Phi) is 3.64. The molecule has 0 aromatic carbocycles. The van der Waals surface area contributed by atoms with Gasteiger partial charge >= 0.3 is 0 Å². The topological polar surface area (TPSA) is 67.9 Å². The Morgan fingerprint density at radius 2 is 2.00 bits per heavy atom. The van der Waals surface area contributed by atoms with Crippen LogP contribution in [0, 0.1) is 13.8 Å². The van der Waals surface area contributed by atoms with Crippen molar-refractivity contribution < 1.29 is 4.74 Å². The molecule has 100 valence electrons. The quantitative estimate of drug-likeness (QED) is 0.917. The number of rotatable bonds is 3. The molecule has 19 heavy (non-hydrogen) atoms. The van der Waals surface area contributed by atoms with Gasteiger partial charge in [0.25, 0.3) is 5.56 Å². The summed E-state index contributed by atoms with van der Waals surface area (Å²) in [4.78, 5) is 23.1. The zero-order valence-electron chi connectivity index (χ0n) is 11.5. The van der Waals surface area contributed by atoms with Crippen molar-refractivity contribution in [3.63, 3.8) is 0 Å². The summed E-state index contributed by atoms with van der Waals surface area (Å²) < 4.78 is 5.57. The van der Waals surface area contributed by atoms with Gasteiger partial charge in [-0.2, -0.15) is 0 Å². The Labute approximate surface area is 111 Å². The van der Waals surface area contributed by atoms with Crippen molar-refractivity contribution in [3.05, 3.63) is 40.2 Å². The van der Waals surface area contributed by atoms with Gasteiger partial charge in [-0.25, -0.2) is 4.98 Å². The van der Waals surface area contributed by atoms with E-state index in [1.807, 2.05) is 27.7 Å². The van der Waals surface area contributed by atoms with Crippen molar-refractivity contribution >= 4 is 0 Å². The average Bonchev–Trinajstić information content (AvgIpc) is 2.33. The molecule has 0 aliphatic rings. The van der Waals surface area contributed by atoms with Crippen molar-refractivity contribution in [1.82, 2.24) is 15.0 Å². The number of aromatic nitrogens is 3. The van der Waals surface area contributed by atoms with Crippen LogP contribution in [0.4, 0.5) is 0 Å². The van der Waals surface area contributed by atoms with Crippen molar-refractivity contribution in [2.45, 2.75) is 33.8 Å². The van der Waals surface area contributed by atoms with E-state index in [9.17, 15) is 4.79 Å². The molecule has 2 heterocycles. The number of ether oxygens (including phenoxy) is 1. The first-order valence-electron chi connectivity index (χ1n) is 6.17. The highest BCUT2D eigenvalue weighted by Crippen LogP contribution is 2.19. The number of nitrogens with zero attached hydrogens (tertiary/aromatic N) is 2. The van der Waals surface area contributed by atoms with Crippen LogP contribution in [-0.2, 0) is 0 Å². The first kappa shape index (κ1) is 13.3. The van der Waals surface area contributed by atoms with Crippen molar-refractivity contribution in [1.29, 1.82) is 0 Å². The van der Waals surface area contributed by atoms with Crippen LogP contribution in [0.2, 0.25) is 0 Å². The lowest BCUT2D eigenvalue weighted by molar-refractivity contribution is 0.241. The number of pyridine rings is 1. The molecular formula is C14H17N3O2. The summed E-state index contributed by atoms with van der Waals surface area (Å²) in [6.07, 6.45) is 3.29. The van der Waals surface area contributed by atoms with E-state index in [4.69, 9.17) is 4.74 Å². The highest BCUT2D eigenvalue weighted by atomic mass is 16.5. The summed E-state index contributed by atoms with van der Waals surface area (Å²) in [5.41, 5.74) is 2.37. The third-order valence-electron chi connectivity index (χ3n) is 2.70. The standard InChI is InChI=1S/C14H17N3O2/c1-8(2)19-12-5-11(6-15-7-12)13-14(18)17-10(4)9(3)16-13/h5-8H,1-4H3,(H,17,18). The van der Waals surface area contributed by atoms with Crippen LogP contribution in [0.5, 0.6) is 5.75 Å². The first-order valence-corrected chi connectivity index (χ1v) is 6.17. The summed E-state index contributed by atoms with van der Waals surface area (Å²) in [5, 5.41) is 0. The minimum absolute atomic E-state index is 0.0584. The van der Waals surface area contributed by atoms with E-state index in [1.165, 1.54) is 0 Å². The van der Waals surface area contributed by atoms with Gasteiger partial charge in [-0.15, -0.1) is 0 Å². The normalized spacial score (nSPS) is 10.8. The van der Waals surface area contributed by atoms with Gasteiger partial charge in [0.2, 0.25) is 0 Å². The number of hydrogen-bond donors (Lipinski definition) is 1. The van der Waals surface area contributed by atoms with Crippen LogP contribution in [0.25, 0.3) is 11.3 Å². The third-order valence-corrected chi connectivity index (χ3v) is 2.70. The Hall–Kier alpha value is -2.17. The Morgan fingerprint density at radius 3 is 2.68 bits per heavy atom. The molecular weight excluding hydrogens is 242 g/mol. The zero-order chi connectivity index (χ0) is 14.0. The molecule has 0 aliphatic heterocycles. The van der Waals surface area contributed by atoms with E-state index < -0.39 is 0 Å². The van der Waals surface area contributed by atoms with Gasteiger partial charge in [-0.3, -0.25) is 9.78 Å². The summed E-state index contributed by atoms with van der Waals surface area (Å²) >= 11 is 0. The molecule has 2 rings (SSSR count). The maximum Gasteiger partial charge on any atom is 0.274 e. The van der Waals surface area contributed by atoms with E-state index in [1.54, 1.807) is 18.5 Å². The molecule has 2 aromatic rings. The highest BCUT2D eigenvalue weighted by molar-refractivity contribution is 5.58. The summed E-state index contributed by atoms with van der Waals surface area (Å²) in [5.74, 6) is 0.631. The molecule has 5 nitrogen and oxygen atoms in total. The van der Waals surface area contributed by atoms with Crippen LogP contribution in [0.15, 0.2) is 23.3 Å². The molecule has 0 aliphatic carbocycles. The smallest absolute Gasteiger partial charge is 0.274 e. The van der Waals surface area contributed by atoms with Gasteiger partial charge in [0, 0.05) is 17.5 Å². The Balaban J connectivity index is 2.47. The molecule has 2 aromatic heterocycles. The fourth-order valence-electron chi connectivity index (χ4n) is 1.70. The van der Waals surface area contributed by atoms with E-state index >= 15 is 0 Å². The van der Waals surface area contributed by atoms with E-state index in [0.29, 0.717) is 17.0 Å². The van der Waals surface area contributed by atoms with Crippen LogP contribution < -0.4 is 10.3 Å². The Bertz CT molecular complexity index is 647. The minimum atomic E-state index is -0.216. The average molecular weight is 259 g/mol. The molecule has 0 bridgehead atoms. The van der Waals surface area contributed by atoms with Gasteiger partial charge in [0.05, 0.1) is 18.0 Å². The number of H-pyrrole nitrogens is 1. The second-order valence-corrected chi connectivity index (χ2v) is 4.70. The number of aromatic amines is 1. The maximum absolute atomic E-state index is 11.9. The molecule has 0 saturated carbocycles. The van der Waals surface area contributed by atoms with Crippen molar-refractivity contribution in [3.8, 4) is 17.0 Å². The van der Waals surface area contributed by atoms with Gasteiger partial charge in [0.15, 0.2) is 0 Å².